The van der Waals surface area contributed by atoms with Crippen molar-refractivity contribution in [1.82, 2.24) is 4.90 Å². The molecule has 1 N–H and O–H groups in total. The Bertz CT molecular complexity index is 970. The molecule has 30 heavy (non-hydrogen) atoms. The van der Waals surface area contributed by atoms with E-state index < -0.39 is 0 Å². The molecule has 1 saturated heterocycles. The van der Waals surface area contributed by atoms with E-state index in [1.54, 1.807) is 7.11 Å². The molecule has 3 aromatic carbocycles. The number of ether oxygens (including phenoxy) is 1. The third-order valence-corrected chi connectivity index (χ3v) is 5.71. The van der Waals surface area contributed by atoms with Gasteiger partial charge in [-0.1, -0.05) is 60.7 Å². The maximum absolute atomic E-state index is 13.1. The quantitative estimate of drug-likeness (QED) is 0.617. The minimum atomic E-state index is 0.00591. The van der Waals surface area contributed by atoms with Gasteiger partial charge in [-0.3, -0.25) is 9.69 Å². The summed E-state index contributed by atoms with van der Waals surface area (Å²) in [5.41, 5.74) is 4.22. The van der Waals surface area contributed by atoms with Crippen molar-refractivity contribution in [2.45, 2.75) is 19.4 Å². The molecular formula is C26H28N2O2. The van der Waals surface area contributed by atoms with E-state index in [0.29, 0.717) is 0 Å². The van der Waals surface area contributed by atoms with E-state index >= 15 is 0 Å². The average Bonchev–Trinajstić information content (AvgIpc) is 2.80. The number of rotatable bonds is 6. The van der Waals surface area contributed by atoms with E-state index in [4.69, 9.17) is 4.74 Å². The maximum atomic E-state index is 13.1. The average molecular weight is 401 g/mol. The lowest BCUT2D eigenvalue weighted by Gasteiger charge is -2.32. The second kappa shape index (κ2) is 9.59. The topological polar surface area (TPSA) is 41.6 Å². The molecule has 1 fully saturated rings. The first kappa shape index (κ1) is 20.2. The zero-order valence-corrected chi connectivity index (χ0v) is 17.4. The zero-order valence-electron chi connectivity index (χ0n) is 17.4. The van der Waals surface area contributed by atoms with Gasteiger partial charge in [0.15, 0.2) is 0 Å². The summed E-state index contributed by atoms with van der Waals surface area (Å²) < 4.78 is 5.26. The van der Waals surface area contributed by atoms with Gasteiger partial charge in [-0.25, -0.2) is 0 Å². The van der Waals surface area contributed by atoms with Gasteiger partial charge < -0.3 is 10.1 Å². The first-order chi connectivity index (χ1) is 14.7. The second-order valence-electron chi connectivity index (χ2n) is 7.82. The number of nitrogens with zero attached hydrogens (tertiary/aromatic N) is 1. The summed E-state index contributed by atoms with van der Waals surface area (Å²) in [5, 5.41) is 3.19. The summed E-state index contributed by atoms with van der Waals surface area (Å²) in [6.07, 6.45) is 1.98. The number of carbonyl (C=O) groups is 1. The number of nitrogens with one attached hydrogen (secondary N) is 1. The summed E-state index contributed by atoms with van der Waals surface area (Å²) in [6, 6.07) is 26.4. The van der Waals surface area contributed by atoms with Gasteiger partial charge in [-0.15, -0.1) is 0 Å². The number of piperidine rings is 1. The molecule has 0 radical (unpaired) electrons. The van der Waals surface area contributed by atoms with Crippen molar-refractivity contribution in [1.29, 1.82) is 0 Å². The van der Waals surface area contributed by atoms with Crippen molar-refractivity contribution in [3.63, 3.8) is 0 Å². The van der Waals surface area contributed by atoms with E-state index in [2.05, 4.69) is 34.5 Å². The highest BCUT2D eigenvalue weighted by Crippen LogP contribution is 2.30. The smallest absolute Gasteiger partial charge is 0.228 e. The molecule has 1 aliphatic rings. The van der Waals surface area contributed by atoms with Crippen LogP contribution in [-0.4, -0.2) is 31.0 Å². The number of anilines is 1. The van der Waals surface area contributed by atoms with Crippen LogP contribution in [0.25, 0.3) is 11.1 Å². The molecular weight excluding hydrogens is 372 g/mol. The fraction of sp³-hybridized carbons (Fsp3) is 0.269. The molecule has 4 rings (SSSR count). The molecule has 0 bridgehead atoms. The molecule has 1 aliphatic heterocycles. The lowest BCUT2D eigenvalue weighted by Crippen LogP contribution is -2.40. The van der Waals surface area contributed by atoms with Crippen LogP contribution in [0.2, 0.25) is 0 Å². The predicted molar refractivity (Wildman–Crippen MR) is 122 cm³/mol. The molecule has 1 atom stereocenters. The van der Waals surface area contributed by atoms with E-state index in [-0.39, 0.29) is 11.8 Å². The summed E-state index contributed by atoms with van der Waals surface area (Å²) in [5.74, 6) is 0.932. The van der Waals surface area contributed by atoms with Crippen LogP contribution in [-0.2, 0) is 11.3 Å². The number of carbonyl (C=O) groups excluding carboxylic acids is 1. The molecule has 1 amide bonds. The van der Waals surface area contributed by atoms with Crippen LogP contribution in [0.5, 0.6) is 5.75 Å². The highest BCUT2D eigenvalue weighted by Gasteiger charge is 2.26. The van der Waals surface area contributed by atoms with Crippen molar-refractivity contribution in [3.05, 3.63) is 84.4 Å². The summed E-state index contributed by atoms with van der Waals surface area (Å²) in [7, 11) is 1.66. The van der Waals surface area contributed by atoms with Crippen molar-refractivity contribution in [2.24, 2.45) is 5.92 Å². The van der Waals surface area contributed by atoms with Crippen molar-refractivity contribution in [3.8, 4) is 16.9 Å². The standard InChI is InChI=1S/C26H28N2O2/c1-30-23-15-13-21(14-16-23)24-11-5-6-12-25(24)27-26(29)22-10-7-17-28(19-22)18-20-8-3-2-4-9-20/h2-6,8-9,11-16,22H,7,10,17-19H2,1H3,(H,27,29)/t22-/m1/s1. The fourth-order valence-electron chi connectivity index (χ4n) is 4.10. The molecule has 1 heterocycles. The van der Waals surface area contributed by atoms with Gasteiger partial charge in [0.25, 0.3) is 0 Å². The van der Waals surface area contributed by atoms with Crippen LogP contribution in [0.4, 0.5) is 5.69 Å². The van der Waals surface area contributed by atoms with Gasteiger partial charge in [-0.2, -0.15) is 0 Å². The van der Waals surface area contributed by atoms with Crippen molar-refractivity contribution < 1.29 is 9.53 Å². The van der Waals surface area contributed by atoms with Crippen LogP contribution in [0.3, 0.4) is 0 Å². The van der Waals surface area contributed by atoms with Crippen LogP contribution >= 0.6 is 0 Å². The molecule has 154 valence electrons. The van der Waals surface area contributed by atoms with Crippen LogP contribution < -0.4 is 10.1 Å². The number of benzene rings is 3. The fourth-order valence-corrected chi connectivity index (χ4v) is 4.10. The summed E-state index contributed by atoms with van der Waals surface area (Å²) in [4.78, 5) is 15.5. The van der Waals surface area contributed by atoms with Crippen LogP contribution in [0.15, 0.2) is 78.9 Å². The summed E-state index contributed by atoms with van der Waals surface area (Å²) in [6.45, 7) is 2.74. The number of para-hydroxylation sites is 1. The number of hydrogen-bond acceptors (Lipinski definition) is 3. The second-order valence-corrected chi connectivity index (χ2v) is 7.82. The Balaban J connectivity index is 1.44. The predicted octanol–water partition coefficient (Wildman–Crippen LogP) is 5.21. The van der Waals surface area contributed by atoms with Gasteiger partial charge in [-0.05, 0) is 48.7 Å². The van der Waals surface area contributed by atoms with Gasteiger partial charge in [0.2, 0.25) is 5.91 Å². The first-order valence-corrected chi connectivity index (χ1v) is 10.5. The van der Waals surface area contributed by atoms with E-state index in [9.17, 15) is 4.79 Å². The molecule has 0 spiro atoms. The largest absolute Gasteiger partial charge is 0.497 e. The van der Waals surface area contributed by atoms with Gasteiger partial charge in [0, 0.05) is 24.3 Å². The Morgan fingerprint density at radius 3 is 2.50 bits per heavy atom. The molecule has 0 unspecified atom stereocenters. The number of methoxy groups -OCH3 is 1. The Morgan fingerprint density at radius 1 is 1.00 bits per heavy atom. The highest BCUT2D eigenvalue weighted by atomic mass is 16.5. The molecule has 3 aromatic rings. The number of amides is 1. The lowest BCUT2D eigenvalue weighted by molar-refractivity contribution is -0.121. The minimum Gasteiger partial charge on any atom is -0.497 e. The van der Waals surface area contributed by atoms with Gasteiger partial charge in [0.1, 0.15) is 5.75 Å². The Morgan fingerprint density at radius 2 is 1.73 bits per heavy atom. The molecule has 0 aliphatic carbocycles. The Kier molecular flexibility index (Phi) is 6.45. The van der Waals surface area contributed by atoms with Crippen molar-refractivity contribution >= 4 is 11.6 Å². The molecule has 0 saturated carbocycles. The Hall–Kier alpha value is -3.11. The minimum absolute atomic E-state index is 0.00591. The lowest BCUT2D eigenvalue weighted by atomic mass is 9.96. The molecule has 4 nitrogen and oxygen atoms in total. The van der Waals surface area contributed by atoms with Crippen molar-refractivity contribution in [2.75, 3.05) is 25.5 Å². The summed E-state index contributed by atoms with van der Waals surface area (Å²) >= 11 is 0. The van der Waals surface area contributed by atoms with Crippen LogP contribution in [0.1, 0.15) is 18.4 Å². The molecule has 0 aromatic heterocycles. The van der Waals surface area contributed by atoms with Crippen LogP contribution in [0, 0.1) is 5.92 Å². The highest BCUT2D eigenvalue weighted by molar-refractivity contribution is 5.97. The van der Waals surface area contributed by atoms with Gasteiger partial charge in [0.05, 0.1) is 13.0 Å². The third kappa shape index (κ3) is 4.89. The van der Waals surface area contributed by atoms with E-state index in [0.717, 1.165) is 55.0 Å². The SMILES string of the molecule is COc1ccc(-c2ccccc2NC(=O)[C@@H]2CCCN(Cc3ccccc3)C2)cc1. The first-order valence-electron chi connectivity index (χ1n) is 10.5. The third-order valence-electron chi connectivity index (χ3n) is 5.71. The number of hydrogen-bond donors (Lipinski definition) is 1. The van der Waals surface area contributed by atoms with E-state index in [1.165, 1.54) is 5.56 Å². The zero-order chi connectivity index (χ0) is 20.8. The Labute approximate surface area is 178 Å². The van der Waals surface area contributed by atoms with Gasteiger partial charge >= 0.3 is 0 Å². The molecule has 4 heteroatoms. The maximum Gasteiger partial charge on any atom is 0.228 e. The van der Waals surface area contributed by atoms with E-state index in [1.807, 2.05) is 54.6 Å². The number of likely N-dealkylation sites (tertiary alicyclic amines) is 1. The monoisotopic (exact) mass is 400 g/mol. The normalized spacial score (nSPS) is 16.8.